The first kappa shape index (κ1) is 32.7. The van der Waals surface area contributed by atoms with Crippen molar-refractivity contribution < 1.29 is 51.9 Å². The zero-order chi connectivity index (χ0) is 30.7. The normalized spacial score (nSPS) is 16.8. The third-order valence-electron chi connectivity index (χ3n) is 7.07. The van der Waals surface area contributed by atoms with Crippen molar-refractivity contribution in [3.05, 3.63) is 72.3 Å². The van der Waals surface area contributed by atoms with Crippen molar-refractivity contribution in [1.82, 2.24) is 0 Å². The highest BCUT2D eigenvalue weighted by Crippen LogP contribution is 2.40. The van der Waals surface area contributed by atoms with Crippen LogP contribution in [0.3, 0.4) is 0 Å². The summed E-state index contributed by atoms with van der Waals surface area (Å²) in [5, 5.41) is 18.0. The molecule has 8 nitrogen and oxygen atoms in total. The van der Waals surface area contributed by atoms with E-state index in [0.29, 0.717) is 5.56 Å². The maximum absolute atomic E-state index is 12.6. The predicted octanol–water partition coefficient (Wildman–Crippen LogP) is 5.83. The van der Waals surface area contributed by atoms with E-state index in [1.165, 1.54) is 6.07 Å². The molecule has 1 fully saturated rings. The molecule has 0 spiro atoms. The molecule has 0 saturated heterocycles. The molecule has 2 aromatic rings. The lowest BCUT2D eigenvalue weighted by atomic mass is 9.77. The molecule has 0 aliphatic heterocycles. The van der Waals surface area contributed by atoms with Crippen molar-refractivity contribution >= 4 is 11.9 Å². The van der Waals surface area contributed by atoms with Crippen molar-refractivity contribution in [2.75, 3.05) is 26.8 Å². The first-order valence-corrected chi connectivity index (χ1v) is 13.5. The molecular weight excluding hydrogens is 557 g/mol. The van der Waals surface area contributed by atoms with E-state index < -0.39 is 51.3 Å². The van der Waals surface area contributed by atoms with Crippen LogP contribution >= 0.6 is 0 Å². The van der Waals surface area contributed by atoms with Crippen LogP contribution in [0.25, 0.3) is 11.1 Å². The average molecular weight is 593 g/mol. The summed E-state index contributed by atoms with van der Waals surface area (Å²) in [4.78, 5) is 23.5. The Hall–Kier alpha value is -3.83. The monoisotopic (exact) mass is 592 g/mol. The second kappa shape index (κ2) is 15.4. The first-order chi connectivity index (χ1) is 20.0. The lowest BCUT2D eigenvalue weighted by Crippen LogP contribution is -2.16. The average Bonchev–Trinajstić information content (AvgIpc) is 2.99. The Balaban J connectivity index is 1.69. The zero-order valence-electron chi connectivity index (χ0n) is 23.2. The van der Waals surface area contributed by atoms with Crippen LogP contribution in [0.15, 0.2) is 66.8 Å². The van der Waals surface area contributed by atoms with Crippen molar-refractivity contribution in [3.63, 3.8) is 0 Å². The van der Waals surface area contributed by atoms with Gasteiger partial charge in [0.05, 0.1) is 24.4 Å². The molecule has 0 radical (unpaired) electrons. The van der Waals surface area contributed by atoms with Gasteiger partial charge in [-0.1, -0.05) is 37.4 Å². The Bertz CT molecular complexity index is 1180. The van der Waals surface area contributed by atoms with Gasteiger partial charge in [-0.15, -0.1) is 0 Å². The van der Waals surface area contributed by atoms with Crippen LogP contribution in [-0.2, 0) is 19.1 Å². The summed E-state index contributed by atoms with van der Waals surface area (Å²) in [5.74, 6) is -0.696. The van der Waals surface area contributed by atoms with Crippen LogP contribution in [0.1, 0.15) is 50.0 Å². The number of hydrogen-bond donors (Lipinski definition) is 2. The largest absolute Gasteiger partial charge is 0.457 e. The molecule has 42 heavy (non-hydrogen) atoms. The summed E-state index contributed by atoms with van der Waals surface area (Å²) in [6.45, 7) is 4.75. The van der Waals surface area contributed by atoms with Crippen LogP contribution in [0.4, 0.5) is 13.2 Å². The Labute approximate surface area is 242 Å². The number of esters is 2. The number of alkyl halides is 3. The summed E-state index contributed by atoms with van der Waals surface area (Å²) in [7, 11) is 0. The Morgan fingerprint density at radius 3 is 1.74 bits per heavy atom. The number of aliphatic hydroxyl groups is 2. The third-order valence-corrected chi connectivity index (χ3v) is 7.07. The maximum Gasteiger partial charge on any atom is 0.389 e. The Morgan fingerprint density at radius 2 is 1.29 bits per heavy atom. The Kier molecular flexibility index (Phi) is 12.0. The molecule has 2 aromatic carbocycles. The first-order valence-electron chi connectivity index (χ1n) is 13.5. The lowest BCUT2D eigenvalue weighted by molar-refractivity contribution is -0.146. The van der Waals surface area contributed by atoms with Gasteiger partial charge in [0.1, 0.15) is 11.5 Å². The van der Waals surface area contributed by atoms with E-state index >= 15 is 0 Å². The zero-order valence-corrected chi connectivity index (χ0v) is 23.2. The lowest BCUT2D eigenvalue weighted by Gasteiger charge is -2.29. The number of hydrogen-bond acceptors (Lipinski definition) is 8. The van der Waals surface area contributed by atoms with E-state index in [2.05, 4.69) is 13.2 Å². The van der Waals surface area contributed by atoms with Crippen molar-refractivity contribution in [2.24, 2.45) is 5.92 Å². The van der Waals surface area contributed by atoms with Crippen LogP contribution < -0.4 is 9.47 Å². The Morgan fingerprint density at radius 1 is 0.786 bits per heavy atom. The highest BCUT2D eigenvalue weighted by Gasteiger charge is 2.30. The van der Waals surface area contributed by atoms with Gasteiger partial charge >= 0.3 is 18.1 Å². The van der Waals surface area contributed by atoms with Gasteiger partial charge in [-0.05, 0) is 72.8 Å². The molecule has 1 aliphatic carbocycles. The molecule has 1 aliphatic rings. The molecule has 228 valence electrons. The second-order valence-electron chi connectivity index (χ2n) is 10.1. The number of benzene rings is 2. The van der Waals surface area contributed by atoms with Crippen LogP contribution in [0.2, 0.25) is 0 Å². The van der Waals surface area contributed by atoms with E-state index in [0.717, 1.165) is 36.8 Å². The molecule has 0 aromatic heterocycles. The van der Waals surface area contributed by atoms with Crippen LogP contribution in [0.5, 0.6) is 11.5 Å². The van der Waals surface area contributed by atoms with Gasteiger partial charge in [0.15, 0.2) is 0 Å². The highest BCUT2D eigenvalue weighted by molar-refractivity contribution is 5.88. The minimum absolute atomic E-state index is 0.102. The van der Waals surface area contributed by atoms with Gasteiger partial charge in [0.2, 0.25) is 13.6 Å². The van der Waals surface area contributed by atoms with Crippen molar-refractivity contribution in [1.29, 1.82) is 0 Å². The quantitative estimate of drug-likeness (QED) is 0.160. The fourth-order valence-electron chi connectivity index (χ4n) is 4.64. The molecule has 0 unspecified atom stereocenters. The van der Waals surface area contributed by atoms with Gasteiger partial charge < -0.3 is 29.2 Å². The summed E-state index contributed by atoms with van der Waals surface area (Å²) in [6.07, 6.45) is -1.43. The number of aliphatic hydroxyl groups excluding tert-OH is 2. The number of ether oxygens (including phenoxy) is 4. The molecule has 0 atom stereocenters. The van der Waals surface area contributed by atoms with Crippen molar-refractivity contribution in [3.8, 4) is 22.6 Å². The number of halogens is 3. The smallest absolute Gasteiger partial charge is 0.389 e. The number of carbonyl (C=O) groups is 2. The van der Waals surface area contributed by atoms with Gasteiger partial charge in [-0.3, -0.25) is 0 Å². The molecule has 0 amide bonds. The fourth-order valence-corrected chi connectivity index (χ4v) is 4.64. The summed E-state index contributed by atoms with van der Waals surface area (Å²) < 4.78 is 58.7. The molecular formula is C31H35F3O8. The number of rotatable bonds is 14. The summed E-state index contributed by atoms with van der Waals surface area (Å²) in [5.41, 5.74) is 2.35. The van der Waals surface area contributed by atoms with E-state index in [1.54, 1.807) is 12.1 Å². The molecule has 1 saturated carbocycles. The van der Waals surface area contributed by atoms with Gasteiger partial charge in [-0.2, -0.15) is 13.2 Å². The maximum atomic E-state index is 12.6. The van der Waals surface area contributed by atoms with Gasteiger partial charge in [0, 0.05) is 12.5 Å². The third kappa shape index (κ3) is 10.2. The standard InChI is InChI=1S/C31H35F3O8/c1-20(16-35)29(37)41-18-39-27-13-26(14-28(15-27)40-19-42-30(38)21(2)17-36)25-9-7-24(8-10-25)23-5-3-22(4-6-23)11-12-31(32,33)34/h7-10,13-15,22-23,35-36H,1-6,11-12,16-19H2. The van der Waals surface area contributed by atoms with E-state index in [4.69, 9.17) is 29.2 Å². The number of carbonyl (C=O) groups excluding carboxylic acids is 2. The SMILES string of the molecule is C=C(CO)C(=O)OCOc1cc(OCOC(=O)C(=C)CO)cc(-c2ccc(C3CCC(CCC(F)(F)F)CC3)cc2)c1. The fraction of sp³-hybridized carbons (Fsp3) is 0.419. The van der Waals surface area contributed by atoms with Crippen LogP contribution in [0, 0.1) is 5.92 Å². The van der Waals surface area contributed by atoms with E-state index in [1.807, 2.05) is 24.3 Å². The van der Waals surface area contributed by atoms with Crippen LogP contribution in [-0.4, -0.2) is 55.1 Å². The highest BCUT2D eigenvalue weighted by atomic mass is 19.4. The summed E-state index contributed by atoms with van der Waals surface area (Å²) >= 11 is 0. The predicted molar refractivity (Wildman–Crippen MR) is 147 cm³/mol. The topological polar surface area (TPSA) is 112 Å². The van der Waals surface area contributed by atoms with Crippen molar-refractivity contribution in [2.45, 2.75) is 50.6 Å². The molecule has 3 rings (SSSR count). The minimum Gasteiger partial charge on any atom is -0.457 e. The molecule has 0 heterocycles. The van der Waals surface area contributed by atoms with Gasteiger partial charge in [-0.25, -0.2) is 9.59 Å². The molecule has 0 bridgehead atoms. The van der Waals surface area contributed by atoms with E-state index in [-0.39, 0.29) is 40.9 Å². The second-order valence-corrected chi connectivity index (χ2v) is 10.1. The molecule has 11 heteroatoms. The van der Waals surface area contributed by atoms with Gasteiger partial charge in [0.25, 0.3) is 0 Å². The van der Waals surface area contributed by atoms with E-state index in [9.17, 15) is 22.8 Å². The summed E-state index contributed by atoms with van der Waals surface area (Å²) in [6, 6.07) is 12.7. The molecule has 2 N–H and O–H groups in total. The minimum atomic E-state index is -4.11.